The van der Waals surface area contributed by atoms with Crippen molar-refractivity contribution in [3.05, 3.63) is 48.4 Å². The van der Waals surface area contributed by atoms with Gasteiger partial charge in [0.2, 0.25) is 0 Å². The second-order valence-electron chi connectivity index (χ2n) is 8.94. The quantitative estimate of drug-likeness (QED) is 0.567. The third-order valence-corrected chi connectivity index (χ3v) is 6.81. The largest absolute Gasteiger partial charge is 0.493 e. The summed E-state index contributed by atoms with van der Waals surface area (Å²) in [6.45, 7) is 6.11. The first-order chi connectivity index (χ1) is 15.9. The standard InChI is InChI=1S/C25H30N6O/c1-2-9-30(10-3-1)11-5-13-32-19-14-20-23-21(15-19)28-17-22-24(23)31(12-8-27-20)25(29-22)18-6-4-7-26-16-18/h4,6-7,14-17,25,27,29H,1-3,5,8-13H2. The van der Waals surface area contributed by atoms with Crippen molar-refractivity contribution >= 4 is 28.0 Å². The van der Waals surface area contributed by atoms with Gasteiger partial charge in [0.05, 0.1) is 29.7 Å². The van der Waals surface area contributed by atoms with E-state index in [1.807, 2.05) is 24.7 Å². The van der Waals surface area contributed by atoms with Gasteiger partial charge in [-0.3, -0.25) is 9.97 Å². The summed E-state index contributed by atoms with van der Waals surface area (Å²) in [6, 6.07) is 8.35. The molecule has 6 rings (SSSR count). The highest BCUT2D eigenvalue weighted by molar-refractivity contribution is 6.08. The predicted octanol–water partition coefficient (Wildman–Crippen LogP) is 4.24. The lowest BCUT2D eigenvalue weighted by Gasteiger charge is -2.26. The molecular weight excluding hydrogens is 400 g/mol. The second kappa shape index (κ2) is 8.47. The number of ether oxygens (including phenoxy) is 1. The average Bonchev–Trinajstić information content (AvgIpc) is 3.10. The lowest BCUT2D eigenvalue weighted by atomic mass is 10.1. The monoisotopic (exact) mass is 430 g/mol. The molecule has 2 N–H and O–H groups in total. The molecule has 3 aliphatic rings. The van der Waals surface area contributed by atoms with Crippen molar-refractivity contribution in [2.24, 2.45) is 0 Å². The molecule has 0 spiro atoms. The van der Waals surface area contributed by atoms with Gasteiger partial charge >= 0.3 is 0 Å². The van der Waals surface area contributed by atoms with Gasteiger partial charge in [0.25, 0.3) is 0 Å². The number of pyridine rings is 2. The van der Waals surface area contributed by atoms with Crippen LogP contribution in [-0.2, 0) is 0 Å². The van der Waals surface area contributed by atoms with Crippen LogP contribution >= 0.6 is 0 Å². The van der Waals surface area contributed by atoms with E-state index in [9.17, 15) is 0 Å². The van der Waals surface area contributed by atoms with E-state index in [4.69, 9.17) is 9.72 Å². The third-order valence-electron chi connectivity index (χ3n) is 6.81. The fourth-order valence-corrected chi connectivity index (χ4v) is 5.28. The Labute approximate surface area is 188 Å². The minimum atomic E-state index is 0.0737. The van der Waals surface area contributed by atoms with Gasteiger partial charge in [-0.2, -0.15) is 0 Å². The first kappa shape index (κ1) is 19.6. The summed E-state index contributed by atoms with van der Waals surface area (Å²) in [5.41, 5.74) is 5.54. The van der Waals surface area contributed by atoms with Gasteiger partial charge in [0.15, 0.2) is 0 Å². The van der Waals surface area contributed by atoms with Crippen LogP contribution in [0.1, 0.15) is 37.4 Å². The number of anilines is 3. The Balaban J connectivity index is 1.24. The van der Waals surface area contributed by atoms with Crippen molar-refractivity contribution < 1.29 is 4.74 Å². The normalized spacial score (nSPS) is 20.0. The summed E-state index contributed by atoms with van der Waals surface area (Å²) >= 11 is 0. The fraction of sp³-hybridized carbons (Fsp3) is 0.440. The number of nitrogens with zero attached hydrogens (tertiary/aromatic N) is 4. The van der Waals surface area contributed by atoms with Crippen molar-refractivity contribution in [1.29, 1.82) is 0 Å². The summed E-state index contributed by atoms with van der Waals surface area (Å²) in [6.07, 6.45) is 10.9. The molecule has 1 saturated heterocycles. The van der Waals surface area contributed by atoms with E-state index in [0.29, 0.717) is 0 Å². The maximum Gasteiger partial charge on any atom is 0.127 e. The molecule has 2 aromatic heterocycles. The Kier molecular flexibility index (Phi) is 5.19. The molecule has 3 aliphatic heterocycles. The lowest BCUT2D eigenvalue weighted by molar-refractivity contribution is 0.205. The number of rotatable bonds is 6. The SMILES string of the molecule is c1cncc(C2Nc3cnc4cc(OCCCN5CCCCC5)cc5c4c3N2CCN5)c1. The van der Waals surface area contributed by atoms with Gasteiger partial charge in [-0.25, -0.2) is 0 Å². The van der Waals surface area contributed by atoms with Crippen molar-refractivity contribution in [3.8, 4) is 5.75 Å². The maximum absolute atomic E-state index is 6.17. The summed E-state index contributed by atoms with van der Waals surface area (Å²) in [5.74, 6) is 0.898. The molecule has 0 amide bonds. The van der Waals surface area contributed by atoms with Gasteiger partial charge in [-0.1, -0.05) is 12.5 Å². The molecular formula is C25H30N6O. The van der Waals surface area contributed by atoms with Crippen LogP contribution in [0.15, 0.2) is 42.9 Å². The van der Waals surface area contributed by atoms with Gasteiger partial charge in [-0.05, 0) is 38.4 Å². The van der Waals surface area contributed by atoms with Gasteiger partial charge in [-0.15, -0.1) is 0 Å². The zero-order chi connectivity index (χ0) is 21.3. The molecule has 5 heterocycles. The van der Waals surface area contributed by atoms with E-state index >= 15 is 0 Å². The number of likely N-dealkylation sites (tertiary alicyclic amines) is 1. The Bertz CT molecular complexity index is 1100. The molecule has 166 valence electrons. The highest BCUT2D eigenvalue weighted by atomic mass is 16.5. The summed E-state index contributed by atoms with van der Waals surface area (Å²) in [5, 5.41) is 8.44. The number of hydrogen-bond acceptors (Lipinski definition) is 7. The Morgan fingerprint density at radius 3 is 2.88 bits per heavy atom. The van der Waals surface area contributed by atoms with Crippen molar-refractivity contribution in [3.63, 3.8) is 0 Å². The van der Waals surface area contributed by atoms with Crippen LogP contribution in [0, 0.1) is 0 Å². The molecule has 0 bridgehead atoms. The number of nitrogens with one attached hydrogen (secondary N) is 2. The van der Waals surface area contributed by atoms with E-state index in [1.54, 1.807) is 0 Å². The van der Waals surface area contributed by atoms with E-state index in [-0.39, 0.29) is 6.17 Å². The molecule has 32 heavy (non-hydrogen) atoms. The maximum atomic E-state index is 6.17. The average molecular weight is 431 g/mol. The Morgan fingerprint density at radius 2 is 2.00 bits per heavy atom. The first-order valence-electron chi connectivity index (χ1n) is 11.9. The Morgan fingerprint density at radius 1 is 1.06 bits per heavy atom. The molecule has 0 radical (unpaired) electrons. The second-order valence-corrected chi connectivity index (χ2v) is 8.94. The van der Waals surface area contributed by atoms with Crippen LogP contribution in [0.2, 0.25) is 0 Å². The number of hydrogen-bond donors (Lipinski definition) is 2. The molecule has 1 aromatic carbocycles. The van der Waals surface area contributed by atoms with Gasteiger partial charge in [0.1, 0.15) is 11.9 Å². The van der Waals surface area contributed by atoms with Crippen molar-refractivity contribution in [2.45, 2.75) is 31.8 Å². The zero-order valence-corrected chi connectivity index (χ0v) is 18.4. The van der Waals surface area contributed by atoms with Gasteiger partial charge < -0.3 is 25.2 Å². The molecule has 7 nitrogen and oxygen atoms in total. The summed E-state index contributed by atoms with van der Waals surface area (Å²) in [4.78, 5) is 14.1. The molecule has 1 atom stereocenters. The molecule has 7 heteroatoms. The number of benzene rings is 1. The summed E-state index contributed by atoms with van der Waals surface area (Å²) < 4.78 is 6.17. The van der Waals surface area contributed by atoms with E-state index in [2.05, 4.69) is 43.6 Å². The van der Waals surface area contributed by atoms with Crippen LogP contribution < -0.4 is 20.3 Å². The van der Waals surface area contributed by atoms with Crippen LogP contribution in [0.3, 0.4) is 0 Å². The molecule has 1 fully saturated rings. The van der Waals surface area contributed by atoms with E-state index in [1.165, 1.54) is 43.4 Å². The fourth-order valence-electron chi connectivity index (χ4n) is 5.28. The topological polar surface area (TPSA) is 65.6 Å². The van der Waals surface area contributed by atoms with Gasteiger partial charge in [0, 0.05) is 60.8 Å². The Hall–Kier alpha value is -3.06. The molecule has 0 saturated carbocycles. The predicted molar refractivity (Wildman–Crippen MR) is 129 cm³/mol. The lowest BCUT2D eigenvalue weighted by Crippen LogP contribution is -2.31. The molecule has 0 aliphatic carbocycles. The number of piperidine rings is 1. The minimum Gasteiger partial charge on any atom is -0.493 e. The zero-order valence-electron chi connectivity index (χ0n) is 18.4. The smallest absolute Gasteiger partial charge is 0.127 e. The first-order valence-corrected chi connectivity index (χ1v) is 11.9. The van der Waals surface area contributed by atoms with Crippen LogP contribution in [0.4, 0.5) is 17.1 Å². The highest BCUT2D eigenvalue weighted by Crippen LogP contribution is 2.48. The highest BCUT2D eigenvalue weighted by Gasteiger charge is 2.34. The van der Waals surface area contributed by atoms with Crippen LogP contribution in [0.5, 0.6) is 5.75 Å². The molecule has 1 unspecified atom stereocenters. The summed E-state index contributed by atoms with van der Waals surface area (Å²) in [7, 11) is 0. The van der Waals surface area contributed by atoms with Crippen molar-refractivity contribution in [1.82, 2.24) is 14.9 Å². The molecule has 3 aromatic rings. The number of aromatic nitrogens is 2. The van der Waals surface area contributed by atoms with Crippen molar-refractivity contribution in [2.75, 3.05) is 54.9 Å². The van der Waals surface area contributed by atoms with E-state index in [0.717, 1.165) is 60.9 Å². The van der Waals surface area contributed by atoms with Crippen LogP contribution in [0.25, 0.3) is 10.9 Å². The van der Waals surface area contributed by atoms with E-state index < -0.39 is 0 Å². The minimum absolute atomic E-state index is 0.0737. The van der Waals surface area contributed by atoms with Crippen LogP contribution in [-0.4, -0.2) is 54.2 Å². The third kappa shape index (κ3) is 3.60.